The van der Waals surface area contributed by atoms with E-state index in [-0.39, 0.29) is 36.7 Å². The van der Waals surface area contributed by atoms with E-state index in [0.29, 0.717) is 44.6 Å². The second-order valence-corrected chi connectivity index (χ2v) is 8.68. The predicted molar refractivity (Wildman–Crippen MR) is 112 cm³/mol. The largest absolute Gasteiger partial charge is 0.466 e. The first-order chi connectivity index (χ1) is 13.9. The van der Waals surface area contributed by atoms with Gasteiger partial charge in [0.05, 0.1) is 19.1 Å². The number of amides is 2. The Morgan fingerprint density at radius 2 is 1.69 bits per heavy atom. The van der Waals surface area contributed by atoms with Crippen LogP contribution in [0.5, 0.6) is 0 Å². The Morgan fingerprint density at radius 3 is 2.28 bits per heavy atom. The molecule has 0 radical (unpaired) electrons. The molecule has 1 aliphatic carbocycles. The Balaban J connectivity index is 1.86. The van der Waals surface area contributed by atoms with Gasteiger partial charge in [-0.3, -0.25) is 19.3 Å². The molecule has 2 amide bonds. The highest BCUT2D eigenvalue weighted by Gasteiger charge is 2.37. The lowest BCUT2D eigenvalue weighted by atomic mass is 9.94. The average molecular weight is 410 g/mol. The van der Waals surface area contributed by atoms with E-state index >= 15 is 0 Å². The van der Waals surface area contributed by atoms with Gasteiger partial charge in [-0.05, 0) is 38.0 Å². The van der Waals surface area contributed by atoms with Crippen LogP contribution < -0.4 is 5.32 Å². The smallest absolute Gasteiger partial charge is 0.306 e. The highest BCUT2D eigenvalue weighted by molar-refractivity contribution is 5.83. The predicted octanol–water partition coefficient (Wildman–Crippen LogP) is 2.20. The minimum absolute atomic E-state index is 0.00324. The molecule has 1 saturated carbocycles. The zero-order valence-electron chi connectivity index (χ0n) is 18.5. The Kier molecular flexibility index (Phi) is 9.91. The molecule has 1 aliphatic heterocycles. The summed E-state index contributed by atoms with van der Waals surface area (Å²) < 4.78 is 4.90. The first-order valence-electron chi connectivity index (χ1n) is 11.4. The van der Waals surface area contributed by atoms with E-state index in [4.69, 9.17) is 4.74 Å². The maximum absolute atomic E-state index is 13.0. The van der Waals surface area contributed by atoms with E-state index in [1.807, 2.05) is 4.90 Å². The lowest BCUT2D eigenvalue weighted by molar-refractivity contribution is -0.146. The minimum Gasteiger partial charge on any atom is -0.466 e. The summed E-state index contributed by atoms with van der Waals surface area (Å²) in [7, 11) is 0. The summed E-state index contributed by atoms with van der Waals surface area (Å²) in [6.07, 6.45) is 5.95. The number of hydrogen-bond donors (Lipinski definition) is 1. The first-order valence-corrected chi connectivity index (χ1v) is 11.4. The number of esters is 1. The highest BCUT2D eigenvalue weighted by Crippen LogP contribution is 2.31. The van der Waals surface area contributed by atoms with Crippen LogP contribution in [0.25, 0.3) is 0 Å². The van der Waals surface area contributed by atoms with Crippen LogP contribution in [0.3, 0.4) is 0 Å². The van der Waals surface area contributed by atoms with Gasteiger partial charge in [0.25, 0.3) is 0 Å². The van der Waals surface area contributed by atoms with Gasteiger partial charge in [0.2, 0.25) is 11.8 Å². The molecule has 2 rings (SSSR count). The van der Waals surface area contributed by atoms with E-state index < -0.39 is 0 Å². The number of rotatable bonds is 10. The van der Waals surface area contributed by atoms with Crippen LogP contribution in [0.1, 0.15) is 65.7 Å². The molecule has 0 aromatic rings. The van der Waals surface area contributed by atoms with E-state index in [2.05, 4.69) is 24.1 Å². The summed E-state index contributed by atoms with van der Waals surface area (Å²) in [5.41, 5.74) is 0. The third-order valence-corrected chi connectivity index (χ3v) is 6.04. The molecule has 0 bridgehead atoms. The van der Waals surface area contributed by atoms with Crippen molar-refractivity contribution in [3.8, 4) is 0 Å². The Hall–Kier alpha value is -1.63. The van der Waals surface area contributed by atoms with Crippen molar-refractivity contribution in [1.82, 2.24) is 15.1 Å². The number of piperazine rings is 1. The lowest BCUT2D eigenvalue weighted by Crippen LogP contribution is -2.58. The molecule has 0 aromatic heterocycles. The molecule has 1 heterocycles. The van der Waals surface area contributed by atoms with Crippen LogP contribution in [0.4, 0.5) is 0 Å². The highest BCUT2D eigenvalue weighted by atomic mass is 16.5. The lowest BCUT2D eigenvalue weighted by Gasteiger charge is -2.40. The van der Waals surface area contributed by atoms with Crippen molar-refractivity contribution in [3.05, 3.63) is 0 Å². The van der Waals surface area contributed by atoms with Gasteiger partial charge in [-0.2, -0.15) is 0 Å². The maximum atomic E-state index is 13.0. The minimum atomic E-state index is -0.321. The molecular weight excluding hydrogens is 370 g/mol. The molecule has 1 unspecified atom stereocenters. The second kappa shape index (κ2) is 12.2. The summed E-state index contributed by atoms with van der Waals surface area (Å²) >= 11 is 0. The monoisotopic (exact) mass is 409 g/mol. The fourth-order valence-electron chi connectivity index (χ4n) is 4.39. The van der Waals surface area contributed by atoms with Crippen molar-refractivity contribution in [2.45, 2.75) is 71.8 Å². The molecule has 7 heteroatoms. The molecule has 29 heavy (non-hydrogen) atoms. The number of carbonyl (C=O) groups is 3. The average Bonchev–Trinajstić information content (AvgIpc) is 3.21. The third-order valence-electron chi connectivity index (χ3n) is 6.04. The van der Waals surface area contributed by atoms with Crippen LogP contribution in [-0.4, -0.2) is 73.0 Å². The molecule has 1 N–H and O–H groups in total. The molecule has 2 fully saturated rings. The van der Waals surface area contributed by atoms with Gasteiger partial charge in [0, 0.05) is 39.1 Å². The zero-order chi connectivity index (χ0) is 21.2. The standard InChI is InChI=1S/C22H39N3O4/c1-4-29-20(27)10-9-19(26)24-13-15-25(16-14-24)21(18-7-5-6-8-18)22(28)23-12-11-17(2)3/h17-18,21H,4-16H2,1-3H3,(H,23,28). The topological polar surface area (TPSA) is 79.0 Å². The van der Waals surface area contributed by atoms with E-state index in [1.54, 1.807) is 6.92 Å². The maximum Gasteiger partial charge on any atom is 0.306 e. The van der Waals surface area contributed by atoms with Crippen LogP contribution in [0.15, 0.2) is 0 Å². The number of nitrogens with zero attached hydrogens (tertiary/aromatic N) is 2. The molecule has 166 valence electrons. The molecule has 0 spiro atoms. The van der Waals surface area contributed by atoms with Gasteiger partial charge < -0.3 is 15.0 Å². The molecular formula is C22H39N3O4. The normalized spacial score (nSPS) is 19.4. The first kappa shape index (κ1) is 23.6. The SMILES string of the molecule is CCOC(=O)CCC(=O)N1CCN(C(C(=O)NCCC(C)C)C2CCCC2)CC1. The molecule has 0 aromatic carbocycles. The van der Waals surface area contributed by atoms with E-state index in [1.165, 1.54) is 12.8 Å². The van der Waals surface area contributed by atoms with Crippen molar-refractivity contribution >= 4 is 17.8 Å². The zero-order valence-corrected chi connectivity index (χ0v) is 18.5. The number of carbonyl (C=O) groups excluding carboxylic acids is 3. The van der Waals surface area contributed by atoms with Gasteiger partial charge in [0.1, 0.15) is 0 Å². The van der Waals surface area contributed by atoms with Crippen molar-refractivity contribution < 1.29 is 19.1 Å². The van der Waals surface area contributed by atoms with Gasteiger partial charge in [-0.25, -0.2) is 0 Å². The van der Waals surface area contributed by atoms with Gasteiger partial charge in [-0.1, -0.05) is 26.7 Å². The van der Waals surface area contributed by atoms with Crippen LogP contribution in [0, 0.1) is 11.8 Å². The Bertz CT molecular complexity index is 538. The number of hydrogen-bond acceptors (Lipinski definition) is 5. The van der Waals surface area contributed by atoms with Gasteiger partial charge in [-0.15, -0.1) is 0 Å². The Labute approximate surface area is 175 Å². The molecule has 2 aliphatic rings. The van der Waals surface area contributed by atoms with Crippen molar-refractivity contribution in [2.24, 2.45) is 11.8 Å². The van der Waals surface area contributed by atoms with Crippen LogP contribution in [-0.2, 0) is 19.1 Å². The molecule has 7 nitrogen and oxygen atoms in total. The van der Waals surface area contributed by atoms with Crippen molar-refractivity contribution in [3.63, 3.8) is 0 Å². The second-order valence-electron chi connectivity index (χ2n) is 8.68. The number of nitrogens with one attached hydrogen (secondary N) is 1. The van der Waals surface area contributed by atoms with Crippen molar-refractivity contribution in [2.75, 3.05) is 39.3 Å². The summed E-state index contributed by atoms with van der Waals surface area (Å²) in [6, 6.07) is -0.0820. The third kappa shape index (κ3) is 7.61. The van der Waals surface area contributed by atoms with Gasteiger partial charge in [0.15, 0.2) is 0 Å². The summed E-state index contributed by atoms with van der Waals surface area (Å²) in [6.45, 7) is 9.82. The fraction of sp³-hybridized carbons (Fsp3) is 0.864. The molecule has 1 atom stereocenters. The van der Waals surface area contributed by atoms with Crippen LogP contribution in [0.2, 0.25) is 0 Å². The summed E-state index contributed by atoms with van der Waals surface area (Å²) in [4.78, 5) is 40.9. The summed E-state index contributed by atoms with van der Waals surface area (Å²) in [5, 5.41) is 3.15. The van der Waals surface area contributed by atoms with Crippen molar-refractivity contribution in [1.29, 1.82) is 0 Å². The quantitative estimate of drug-likeness (QED) is 0.560. The Morgan fingerprint density at radius 1 is 1.03 bits per heavy atom. The molecule has 1 saturated heterocycles. The van der Waals surface area contributed by atoms with Crippen LogP contribution >= 0.6 is 0 Å². The van der Waals surface area contributed by atoms with Gasteiger partial charge >= 0.3 is 5.97 Å². The summed E-state index contributed by atoms with van der Waals surface area (Å²) in [5.74, 6) is 0.819. The van der Waals surface area contributed by atoms with E-state index in [0.717, 1.165) is 25.8 Å². The fourth-order valence-corrected chi connectivity index (χ4v) is 4.39. The number of ether oxygens (including phenoxy) is 1. The van der Waals surface area contributed by atoms with E-state index in [9.17, 15) is 14.4 Å².